The molecule has 4 aromatic rings. The van der Waals surface area contributed by atoms with Gasteiger partial charge in [-0.1, -0.05) is 40.9 Å². The minimum absolute atomic E-state index is 0.316. The van der Waals surface area contributed by atoms with E-state index in [1.165, 1.54) is 5.56 Å². The molecule has 1 heterocycles. The maximum atomic E-state index is 12.6. The molecule has 31 heavy (non-hydrogen) atoms. The van der Waals surface area contributed by atoms with Crippen LogP contribution in [0.1, 0.15) is 18.1 Å². The fourth-order valence-corrected chi connectivity index (χ4v) is 3.69. The van der Waals surface area contributed by atoms with Gasteiger partial charge in [0, 0.05) is 16.3 Å². The molecule has 5 nitrogen and oxygen atoms in total. The molecule has 0 saturated heterocycles. The topological polar surface area (TPSA) is 64.4 Å². The van der Waals surface area contributed by atoms with E-state index in [9.17, 15) is 4.79 Å². The lowest BCUT2D eigenvalue weighted by Crippen LogP contribution is -2.30. The molecule has 0 spiro atoms. The molecular weight excluding hydrogens is 435 g/mol. The average Bonchev–Trinajstić information content (AvgIpc) is 3.13. The van der Waals surface area contributed by atoms with Crippen LogP contribution in [0.15, 0.2) is 59.0 Å². The number of halogens is 2. The van der Waals surface area contributed by atoms with Gasteiger partial charge < -0.3 is 14.5 Å². The van der Waals surface area contributed by atoms with Crippen molar-refractivity contribution >= 4 is 45.9 Å². The molecule has 0 bridgehead atoms. The molecule has 0 radical (unpaired) electrons. The number of hydrogen-bond acceptors (Lipinski definition) is 4. The summed E-state index contributed by atoms with van der Waals surface area (Å²) < 4.78 is 11.6. The first-order valence-electron chi connectivity index (χ1n) is 9.71. The summed E-state index contributed by atoms with van der Waals surface area (Å²) in [6.45, 7) is 5.72. The molecular formula is C24H20Cl2N2O3. The third-order valence-electron chi connectivity index (χ3n) is 4.83. The number of carbonyl (C=O) groups excluding carboxylic acids is 1. The normalized spacial score (nSPS) is 12.0. The second kappa shape index (κ2) is 8.61. The third kappa shape index (κ3) is 4.68. The van der Waals surface area contributed by atoms with Crippen molar-refractivity contribution in [2.45, 2.75) is 26.9 Å². The molecule has 0 aliphatic heterocycles. The van der Waals surface area contributed by atoms with E-state index in [4.69, 9.17) is 32.4 Å². The number of nitrogens with zero attached hydrogens (tertiary/aromatic N) is 1. The number of ether oxygens (including phenoxy) is 1. The molecule has 0 aliphatic carbocycles. The minimum atomic E-state index is -0.766. The molecule has 1 aromatic heterocycles. The lowest BCUT2D eigenvalue weighted by atomic mass is 10.1. The van der Waals surface area contributed by atoms with Gasteiger partial charge >= 0.3 is 0 Å². The first kappa shape index (κ1) is 21.2. The van der Waals surface area contributed by atoms with Crippen LogP contribution in [-0.4, -0.2) is 17.0 Å². The number of aryl methyl sites for hydroxylation is 2. The Morgan fingerprint density at radius 3 is 2.61 bits per heavy atom. The Morgan fingerprint density at radius 1 is 1.06 bits per heavy atom. The zero-order valence-electron chi connectivity index (χ0n) is 17.2. The van der Waals surface area contributed by atoms with E-state index >= 15 is 0 Å². The van der Waals surface area contributed by atoms with Crippen molar-refractivity contribution in [1.29, 1.82) is 0 Å². The highest BCUT2D eigenvalue weighted by Crippen LogP contribution is 2.30. The Morgan fingerprint density at radius 2 is 1.87 bits per heavy atom. The van der Waals surface area contributed by atoms with E-state index in [1.807, 2.05) is 26.0 Å². The highest BCUT2D eigenvalue weighted by atomic mass is 35.5. The zero-order chi connectivity index (χ0) is 22.1. The van der Waals surface area contributed by atoms with Crippen LogP contribution in [0, 0.1) is 13.8 Å². The van der Waals surface area contributed by atoms with Gasteiger partial charge in [-0.05, 0) is 68.8 Å². The van der Waals surface area contributed by atoms with E-state index in [-0.39, 0.29) is 5.91 Å². The number of benzene rings is 3. The number of fused-ring (bicyclic) bond motifs is 1. The molecule has 7 heteroatoms. The van der Waals surface area contributed by atoms with Crippen molar-refractivity contribution in [2.24, 2.45) is 0 Å². The number of anilines is 1. The first-order chi connectivity index (χ1) is 14.8. The largest absolute Gasteiger partial charge is 0.479 e. The molecule has 1 amide bonds. The van der Waals surface area contributed by atoms with Crippen molar-refractivity contribution in [2.75, 3.05) is 5.32 Å². The summed E-state index contributed by atoms with van der Waals surface area (Å²) in [6.07, 6.45) is -0.766. The number of carbonyl (C=O) groups is 1. The summed E-state index contributed by atoms with van der Waals surface area (Å²) in [5.41, 5.74) is 5.10. The lowest BCUT2D eigenvalue weighted by molar-refractivity contribution is -0.122. The van der Waals surface area contributed by atoms with E-state index in [0.29, 0.717) is 38.5 Å². The number of aromatic nitrogens is 1. The van der Waals surface area contributed by atoms with Crippen LogP contribution in [0.25, 0.3) is 22.6 Å². The van der Waals surface area contributed by atoms with Gasteiger partial charge in [0.1, 0.15) is 11.3 Å². The molecule has 1 N–H and O–H groups in total. The smallest absolute Gasteiger partial charge is 0.265 e. The van der Waals surface area contributed by atoms with Gasteiger partial charge in [-0.15, -0.1) is 0 Å². The molecule has 4 rings (SSSR count). The van der Waals surface area contributed by atoms with Gasteiger partial charge in [0.2, 0.25) is 5.89 Å². The fourth-order valence-electron chi connectivity index (χ4n) is 3.23. The van der Waals surface area contributed by atoms with Gasteiger partial charge in [0.05, 0.1) is 5.02 Å². The molecule has 0 aliphatic rings. The highest BCUT2D eigenvalue weighted by molar-refractivity contribution is 6.35. The van der Waals surface area contributed by atoms with E-state index in [1.54, 1.807) is 43.3 Å². The SMILES string of the molecule is Cc1ccc(-c2nc3cc(NC(=O)C(C)Oc4ccc(Cl)cc4Cl)ccc3o2)c(C)c1. The van der Waals surface area contributed by atoms with Crippen LogP contribution in [0.4, 0.5) is 5.69 Å². The predicted octanol–water partition coefficient (Wildman–Crippen LogP) is 6.82. The lowest BCUT2D eigenvalue weighted by Gasteiger charge is -2.15. The van der Waals surface area contributed by atoms with E-state index < -0.39 is 6.10 Å². The quantitative estimate of drug-likeness (QED) is 0.359. The van der Waals surface area contributed by atoms with Crippen molar-refractivity contribution in [3.63, 3.8) is 0 Å². The minimum Gasteiger partial charge on any atom is -0.479 e. The van der Waals surface area contributed by atoms with Crippen molar-refractivity contribution < 1.29 is 13.9 Å². The molecule has 1 atom stereocenters. The predicted molar refractivity (Wildman–Crippen MR) is 124 cm³/mol. The number of nitrogens with one attached hydrogen (secondary N) is 1. The second-order valence-electron chi connectivity index (χ2n) is 7.34. The van der Waals surface area contributed by atoms with Gasteiger partial charge in [0.15, 0.2) is 11.7 Å². The van der Waals surface area contributed by atoms with Crippen molar-refractivity contribution in [3.05, 3.63) is 75.8 Å². The standard InChI is InChI=1S/C24H20Cl2N2O3/c1-13-4-7-18(14(2)10-13)24-28-20-12-17(6-9-22(20)31-24)27-23(29)15(3)30-21-8-5-16(25)11-19(21)26/h4-12,15H,1-3H3,(H,27,29). The molecule has 0 fully saturated rings. The highest BCUT2D eigenvalue weighted by Gasteiger charge is 2.18. The number of oxazole rings is 1. The van der Waals surface area contributed by atoms with E-state index in [0.717, 1.165) is 11.1 Å². The summed E-state index contributed by atoms with van der Waals surface area (Å²) in [7, 11) is 0. The molecule has 0 saturated carbocycles. The van der Waals surface area contributed by atoms with Crippen LogP contribution in [0.5, 0.6) is 5.75 Å². The second-order valence-corrected chi connectivity index (χ2v) is 8.19. The Balaban J connectivity index is 1.51. The molecule has 158 valence electrons. The fraction of sp³-hybridized carbons (Fsp3) is 0.167. The monoisotopic (exact) mass is 454 g/mol. The van der Waals surface area contributed by atoms with Gasteiger partial charge in [0.25, 0.3) is 5.91 Å². The van der Waals surface area contributed by atoms with Gasteiger partial charge in [-0.25, -0.2) is 4.98 Å². The Bertz CT molecular complexity index is 1280. The third-order valence-corrected chi connectivity index (χ3v) is 5.36. The van der Waals surface area contributed by atoms with Crippen LogP contribution < -0.4 is 10.1 Å². The van der Waals surface area contributed by atoms with Crippen LogP contribution in [-0.2, 0) is 4.79 Å². The van der Waals surface area contributed by atoms with Gasteiger partial charge in [-0.2, -0.15) is 0 Å². The van der Waals surface area contributed by atoms with E-state index in [2.05, 4.69) is 16.4 Å². The summed E-state index contributed by atoms with van der Waals surface area (Å²) in [5.74, 6) is 0.618. The summed E-state index contributed by atoms with van der Waals surface area (Å²) in [4.78, 5) is 17.2. The number of hydrogen-bond donors (Lipinski definition) is 1. The van der Waals surface area contributed by atoms with Crippen LogP contribution >= 0.6 is 23.2 Å². The summed E-state index contributed by atoms with van der Waals surface area (Å²) >= 11 is 12.0. The van der Waals surface area contributed by atoms with Crippen molar-refractivity contribution in [1.82, 2.24) is 4.98 Å². The maximum absolute atomic E-state index is 12.6. The zero-order valence-corrected chi connectivity index (χ0v) is 18.7. The first-order valence-corrected chi connectivity index (χ1v) is 10.5. The van der Waals surface area contributed by atoms with Gasteiger partial charge in [-0.3, -0.25) is 4.79 Å². The maximum Gasteiger partial charge on any atom is 0.265 e. The molecule has 1 unspecified atom stereocenters. The Hall–Kier alpha value is -3.02. The summed E-state index contributed by atoms with van der Waals surface area (Å²) in [6, 6.07) is 16.3. The number of rotatable bonds is 5. The average molecular weight is 455 g/mol. The number of amides is 1. The molecule has 3 aromatic carbocycles. The van der Waals surface area contributed by atoms with Crippen molar-refractivity contribution in [3.8, 4) is 17.2 Å². The summed E-state index contributed by atoms with van der Waals surface area (Å²) in [5, 5.41) is 3.68. The van der Waals surface area contributed by atoms with Crippen LogP contribution in [0.2, 0.25) is 10.0 Å². The van der Waals surface area contributed by atoms with Crippen LogP contribution in [0.3, 0.4) is 0 Å². The Labute approximate surface area is 189 Å². The Kier molecular flexibility index (Phi) is 5.90.